The Morgan fingerprint density at radius 3 is 2.70 bits per heavy atom. The smallest absolute Gasteiger partial charge is 0.237 e. The molecule has 4 nitrogen and oxygen atoms in total. The Labute approximate surface area is 59.0 Å². The number of hydrogen-bond acceptors (Lipinski definition) is 4. The predicted molar refractivity (Wildman–Crippen MR) is 35.0 cm³/mol. The summed E-state index contributed by atoms with van der Waals surface area (Å²) in [5, 5.41) is 8.54. The van der Waals surface area contributed by atoms with Crippen LogP contribution in [0.25, 0.3) is 0 Å². The molecule has 0 spiro atoms. The first kappa shape index (κ1) is 9.26. The van der Waals surface area contributed by atoms with Crippen LogP contribution in [0.4, 0.5) is 0 Å². The van der Waals surface area contributed by atoms with E-state index >= 15 is 0 Å². The lowest BCUT2D eigenvalue weighted by Gasteiger charge is -1.98. The second-order valence-electron chi connectivity index (χ2n) is 1.88. The van der Waals surface area contributed by atoms with Crippen LogP contribution in [0.1, 0.15) is 12.8 Å². The first-order valence-corrected chi connectivity index (χ1v) is 3.01. The van der Waals surface area contributed by atoms with Crippen molar-refractivity contribution in [2.45, 2.75) is 18.9 Å². The maximum atomic E-state index is 10.6. The lowest BCUT2D eigenvalue weighted by atomic mass is 10.1. The van der Waals surface area contributed by atoms with E-state index in [-0.39, 0.29) is 6.42 Å². The van der Waals surface area contributed by atoms with Crippen LogP contribution >= 0.6 is 0 Å². The highest BCUT2D eigenvalue weighted by Crippen LogP contribution is 1.91. The third-order valence-corrected chi connectivity index (χ3v) is 1.04. The molecule has 57 valence electrons. The zero-order valence-corrected chi connectivity index (χ0v) is 5.54. The van der Waals surface area contributed by atoms with Crippen molar-refractivity contribution in [2.24, 2.45) is 5.73 Å². The molecule has 1 atom stereocenters. The SMILES string of the molecule is NCCCC(=O)C(O)[C]=O. The summed E-state index contributed by atoms with van der Waals surface area (Å²) in [6, 6.07) is 0. The van der Waals surface area contributed by atoms with Crippen molar-refractivity contribution in [3.63, 3.8) is 0 Å². The fourth-order valence-electron chi connectivity index (χ4n) is 0.479. The van der Waals surface area contributed by atoms with E-state index in [4.69, 9.17) is 10.8 Å². The Bertz CT molecular complexity index is 124. The molecule has 10 heavy (non-hydrogen) atoms. The number of carbonyl (C=O) groups excluding carboxylic acids is 2. The molecule has 1 radical (unpaired) electrons. The van der Waals surface area contributed by atoms with Gasteiger partial charge in [-0.2, -0.15) is 0 Å². The number of ketones is 1. The summed E-state index contributed by atoms with van der Waals surface area (Å²) in [7, 11) is 0. The molecular formula is C6H10NO3. The summed E-state index contributed by atoms with van der Waals surface area (Å²) in [4.78, 5) is 20.2. The third kappa shape index (κ3) is 3.32. The van der Waals surface area contributed by atoms with Crippen LogP contribution in [0, 0.1) is 0 Å². The summed E-state index contributed by atoms with van der Waals surface area (Å²) < 4.78 is 0. The molecule has 0 bridgehead atoms. The lowest BCUT2D eigenvalue weighted by molar-refractivity contribution is -0.124. The third-order valence-electron chi connectivity index (χ3n) is 1.04. The second-order valence-corrected chi connectivity index (χ2v) is 1.88. The van der Waals surface area contributed by atoms with E-state index in [9.17, 15) is 9.59 Å². The van der Waals surface area contributed by atoms with Crippen molar-refractivity contribution in [3.05, 3.63) is 0 Å². The van der Waals surface area contributed by atoms with Crippen molar-refractivity contribution in [2.75, 3.05) is 6.54 Å². The zero-order chi connectivity index (χ0) is 7.98. The standard InChI is InChI=1S/C6H10NO3/c7-3-1-2-5(9)6(10)4-8/h6,10H,1-3,7H2. The Kier molecular flexibility index (Phi) is 4.70. The number of carbonyl (C=O) groups is 1. The molecule has 1 unspecified atom stereocenters. The van der Waals surface area contributed by atoms with Gasteiger partial charge in [-0.1, -0.05) is 0 Å². The first-order chi connectivity index (χ1) is 4.72. The second kappa shape index (κ2) is 5.08. The van der Waals surface area contributed by atoms with Gasteiger partial charge in [-0.05, 0) is 13.0 Å². The zero-order valence-electron chi connectivity index (χ0n) is 5.54. The summed E-state index contributed by atoms with van der Waals surface area (Å²) in [6.07, 6.45) is 0.255. The van der Waals surface area contributed by atoms with E-state index in [1.54, 1.807) is 0 Å². The van der Waals surface area contributed by atoms with Crippen molar-refractivity contribution in [3.8, 4) is 0 Å². The van der Waals surface area contributed by atoms with Gasteiger partial charge >= 0.3 is 0 Å². The van der Waals surface area contributed by atoms with Gasteiger partial charge in [-0.25, -0.2) is 0 Å². The average Bonchev–Trinajstić information content (AvgIpc) is 1.98. The molecule has 0 saturated heterocycles. The average molecular weight is 144 g/mol. The van der Waals surface area contributed by atoms with Crippen LogP contribution in [0.15, 0.2) is 0 Å². The van der Waals surface area contributed by atoms with Crippen LogP contribution < -0.4 is 5.73 Å². The van der Waals surface area contributed by atoms with Crippen LogP contribution in [0.2, 0.25) is 0 Å². The highest BCUT2D eigenvalue weighted by Gasteiger charge is 2.12. The Hall–Kier alpha value is -0.740. The summed E-state index contributed by atoms with van der Waals surface area (Å²) in [5.41, 5.74) is 5.09. The van der Waals surface area contributed by atoms with Gasteiger partial charge in [0.15, 0.2) is 11.9 Å². The highest BCUT2D eigenvalue weighted by molar-refractivity contribution is 5.95. The van der Waals surface area contributed by atoms with Crippen LogP contribution in [0.3, 0.4) is 0 Å². The molecule has 0 rings (SSSR count). The van der Waals surface area contributed by atoms with Gasteiger partial charge in [-0.15, -0.1) is 0 Å². The largest absolute Gasteiger partial charge is 0.377 e. The molecule has 0 aromatic heterocycles. The Morgan fingerprint density at radius 1 is 1.70 bits per heavy atom. The molecule has 0 aliphatic carbocycles. The normalized spacial score (nSPS) is 12.6. The van der Waals surface area contributed by atoms with Gasteiger partial charge in [0.05, 0.1) is 0 Å². The van der Waals surface area contributed by atoms with Gasteiger partial charge in [0.1, 0.15) is 0 Å². The van der Waals surface area contributed by atoms with E-state index in [0.29, 0.717) is 13.0 Å². The molecule has 0 fully saturated rings. The lowest BCUT2D eigenvalue weighted by Crippen LogP contribution is -2.22. The van der Waals surface area contributed by atoms with Gasteiger partial charge in [0.2, 0.25) is 6.29 Å². The number of Topliss-reactive ketones (excluding diaryl/α,β-unsaturated/α-hetero) is 1. The Morgan fingerprint density at radius 2 is 2.30 bits per heavy atom. The number of aliphatic hydroxyl groups is 1. The van der Waals surface area contributed by atoms with Crippen molar-refractivity contribution in [1.29, 1.82) is 0 Å². The Balaban J connectivity index is 3.51. The first-order valence-electron chi connectivity index (χ1n) is 3.01. The quantitative estimate of drug-likeness (QED) is 0.473. The van der Waals surface area contributed by atoms with E-state index in [2.05, 4.69) is 0 Å². The summed E-state index contributed by atoms with van der Waals surface area (Å²) >= 11 is 0. The topological polar surface area (TPSA) is 80.4 Å². The monoisotopic (exact) mass is 144 g/mol. The molecule has 0 aromatic rings. The number of aliphatic hydroxyl groups excluding tert-OH is 1. The van der Waals surface area contributed by atoms with Gasteiger partial charge in [0, 0.05) is 6.42 Å². The molecular weight excluding hydrogens is 134 g/mol. The molecule has 0 heterocycles. The van der Waals surface area contributed by atoms with Gasteiger partial charge < -0.3 is 10.8 Å². The molecule has 0 saturated carbocycles. The van der Waals surface area contributed by atoms with E-state index in [0.717, 1.165) is 0 Å². The minimum atomic E-state index is -1.58. The van der Waals surface area contributed by atoms with Crippen molar-refractivity contribution in [1.82, 2.24) is 0 Å². The summed E-state index contributed by atoms with van der Waals surface area (Å²) in [6.45, 7) is 0.386. The van der Waals surface area contributed by atoms with E-state index in [1.807, 2.05) is 0 Å². The van der Waals surface area contributed by atoms with Crippen molar-refractivity contribution >= 4 is 12.1 Å². The number of rotatable bonds is 5. The molecule has 0 aliphatic rings. The minimum absolute atomic E-state index is 0.146. The fraction of sp³-hybridized carbons (Fsp3) is 0.667. The molecule has 0 aliphatic heterocycles. The minimum Gasteiger partial charge on any atom is -0.377 e. The molecule has 3 N–H and O–H groups in total. The maximum absolute atomic E-state index is 10.6. The van der Waals surface area contributed by atoms with Crippen LogP contribution in [0.5, 0.6) is 0 Å². The van der Waals surface area contributed by atoms with Gasteiger partial charge in [0.25, 0.3) is 0 Å². The van der Waals surface area contributed by atoms with E-state index in [1.165, 1.54) is 6.29 Å². The number of nitrogens with two attached hydrogens (primary N) is 1. The van der Waals surface area contributed by atoms with Crippen molar-refractivity contribution < 1.29 is 14.7 Å². The predicted octanol–water partition coefficient (Wildman–Crippen LogP) is -1.24. The fourth-order valence-corrected chi connectivity index (χ4v) is 0.479. The van der Waals surface area contributed by atoms with E-state index < -0.39 is 11.9 Å². The summed E-state index contributed by atoms with van der Waals surface area (Å²) in [5.74, 6) is -0.513. The molecule has 0 amide bonds. The van der Waals surface area contributed by atoms with Gasteiger partial charge in [-0.3, -0.25) is 9.59 Å². The molecule has 4 heteroatoms. The maximum Gasteiger partial charge on any atom is 0.237 e. The highest BCUT2D eigenvalue weighted by atomic mass is 16.3. The molecule has 0 aromatic carbocycles. The number of hydrogen-bond donors (Lipinski definition) is 2. The van der Waals surface area contributed by atoms with Crippen LogP contribution in [-0.4, -0.2) is 29.8 Å². The van der Waals surface area contributed by atoms with Crippen LogP contribution in [-0.2, 0) is 9.59 Å².